The Morgan fingerprint density at radius 2 is 2.18 bits per heavy atom. The Kier molecular flexibility index (Phi) is 4.23. The first-order chi connectivity index (χ1) is 8.28. The Bertz CT molecular complexity index is 462. The fourth-order valence-corrected chi connectivity index (χ4v) is 2.28. The van der Waals surface area contributed by atoms with E-state index in [0.29, 0.717) is 0 Å². The highest BCUT2D eigenvalue weighted by molar-refractivity contribution is 7.09. The summed E-state index contributed by atoms with van der Waals surface area (Å²) < 4.78 is 0. The van der Waals surface area contributed by atoms with Gasteiger partial charge in [-0.2, -0.15) is 0 Å². The summed E-state index contributed by atoms with van der Waals surface area (Å²) in [5.41, 5.74) is 3.40. The maximum Gasteiger partial charge on any atom is 0.0926 e. The van der Waals surface area contributed by atoms with Crippen LogP contribution in [0.15, 0.2) is 23.7 Å². The molecule has 0 atom stereocenters. The quantitative estimate of drug-likeness (QED) is 0.882. The molecule has 0 saturated heterocycles. The zero-order chi connectivity index (χ0) is 12.1. The molecule has 0 radical (unpaired) electrons. The smallest absolute Gasteiger partial charge is 0.0926 e. The van der Waals surface area contributed by atoms with Gasteiger partial charge in [-0.1, -0.05) is 13.0 Å². The molecular weight excluding hydrogens is 230 g/mol. The van der Waals surface area contributed by atoms with Crippen LogP contribution < -0.4 is 5.32 Å². The van der Waals surface area contributed by atoms with Gasteiger partial charge in [-0.05, 0) is 25.0 Å². The van der Waals surface area contributed by atoms with Gasteiger partial charge >= 0.3 is 0 Å². The molecule has 1 N–H and O–H groups in total. The van der Waals surface area contributed by atoms with E-state index in [9.17, 15) is 0 Å². The third-order valence-corrected chi connectivity index (χ3v) is 3.55. The Labute approximate surface area is 106 Å². The van der Waals surface area contributed by atoms with Crippen LogP contribution in [-0.4, -0.2) is 9.97 Å². The summed E-state index contributed by atoms with van der Waals surface area (Å²) in [7, 11) is 0. The van der Waals surface area contributed by atoms with Gasteiger partial charge in [0.1, 0.15) is 0 Å². The molecule has 2 heterocycles. The van der Waals surface area contributed by atoms with Crippen LogP contribution >= 0.6 is 11.3 Å². The highest BCUT2D eigenvalue weighted by atomic mass is 32.1. The molecule has 90 valence electrons. The Morgan fingerprint density at radius 1 is 1.29 bits per heavy atom. The molecule has 2 rings (SSSR count). The van der Waals surface area contributed by atoms with Gasteiger partial charge < -0.3 is 5.32 Å². The van der Waals surface area contributed by atoms with Crippen LogP contribution in [-0.2, 0) is 19.5 Å². The number of aryl methyl sites for hydroxylation is 2. The van der Waals surface area contributed by atoms with Gasteiger partial charge in [0.2, 0.25) is 0 Å². The second kappa shape index (κ2) is 5.89. The molecule has 0 spiro atoms. The molecule has 2 aromatic heterocycles. The van der Waals surface area contributed by atoms with E-state index in [0.717, 1.165) is 30.9 Å². The van der Waals surface area contributed by atoms with E-state index in [1.165, 1.54) is 10.6 Å². The minimum atomic E-state index is 0.824. The number of hydrogen-bond donors (Lipinski definition) is 1. The summed E-state index contributed by atoms with van der Waals surface area (Å²) in [5.74, 6) is 0. The molecule has 0 unspecified atom stereocenters. The Balaban J connectivity index is 1.81. The first-order valence-corrected chi connectivity index (χ1v) is 6.71. The average molecular weight is 247 g/mol. The van der Waals surface area contributed by atoms with E-state index in [1.807, 2.05) is 19.2 Å². The number of aromatic nitrogens is 2. The molecule has 0 amide bonds. The number of rotatable bonds is 5. The average Bonchev–Trinajstić information content (AvgIpc) is 2.80. The van der Waals surface area contributed by atoms with Crippen molar-refractivity contribution < 1.29 is 0 Å². The first kappa shape index (κ1) is 12.2. The largest absolute Gasteiger partial charge is 0.307 e. The summed E-state index contributed by atoms with van der Waals surface area (Å²) in [6.07, 6.45) is 2.94. The maximum atomic E-state index is 4.51. The first-order valence-electron chi connectivity index (χ1n) is 5.83. The van der Waals surface area contributed by atoms with Crippen molar-refractivity contribution in [1.82, 2.24) is 15.3 Å². The summed E-state index contributed by atoms with van der Waals surface area (Å²) in [6, 6.07) is 4.14. The molecule has 0 aliphatic heterocycles. The molecule has 4 heteroatoms. The minimum absolute atomic E-state index is 0.824. The van der Waals surface area contributed by atoms with E-state index in [-0.39, 0.29) is 0 Å². The molecule has 17 heavy (non-hydrogen) atoms. The molecule has 0 aromatic carbocycles. The Morgan fingerprint density at radius 3 is 2.82 bits per heavy atom. The second-order valence-corrected chi connectivity index (χ2v) is 4.94. The van der Waals surface area contributed by atoms with Crippen LogP contribution in [0.25, 0.3) is 0 Å². The van der Waals surface area contributed by atoms with Crippen LogP contribution in [0.5, 0.6) is 0 Å². The molecule has 0 aliphatic carbocycles. The van der Waals surface area contributed by atoms with Crippen molar-refractivity contribution in [3.05, 3.63) is 45.7 Å². The van der Waals surface area contributed by atoms with Crippen LogP contribution in [0.3, 0.4) is 0 Å². The van der Waals surface area contributed by atoms with Gasteiger partial charge in [0.05, 0.1) is 10.7 Å². The van der Waals surface area contributed by atoms with E-state index in [4.69, 9.17) is 0 Å². The van der Waals surface area contributed by atoms with Crippen molar-refractivity contribution >= 4 is 11.3 Å². The van der Waals surface area contributed by atoms with Crippen molar-refractivity contribution in [3.63, 3.8) is 0 Å². The third-order valence-electron chi connectivity index (χ3n) is 2.51. The highest BCUT2D eigenvalue weighted by Gasteiger charge is 2.00. The van der Waals surface area contributed by atoms with Crippen molar-refractivity contribution in [2.24, 2.45) is 0 Å². The van der Waals surface area contributed by atoms with Crippen LogP contribution in [0, 0.1) is 6.92 Å². The summed E-state index contributed by atoms with van der Waals surface area (Å²) in [4.78, 5) is 8.78. The number of nitrogens with zero attached hydrogens (tertiary/aromatic N) is 2. The molecule has 3 nitrogen and oxygen atoms in total. The predicted octanol–water partition coefficient (Wildman–Crippen LogP) is 2.70. The van der Waals surface area contributed by atoms with E-state index >= 15 is 0 Å². The number of pyridine rings is 1. The molecular formula is C13H17N3S. The number of nitrogens with one attached hydrogen (secondary N) is 1. The van der Waals surface area contributed by atoms with Crippen LogP contribution in [0.1, 0.15) is 28.9 Å². The van der Waals surface area contributed by atoms with Gasteiger partial charge in [0.25, 0.3) is 0 Å². The fraction of sp³-hybridized carbons (Fsp3) is 0.385. The summed E-state index contributed by atoms with van der Waals surface area (Å²) in [6.45, 7) is 5.80. The van der Waals surface area contributed by atoms with Crippen molar-refractivity contribution in [3.8, 4) is 0 Å². The van der Waals surface area contributed by atoms with Crippen molar-refractivity contribution in [1.29, 1.82) is 0 Å². The Hall–Kier alpha value is -1.26. The summed E-state index contributed by atoms with van der Waals surface area (Å²) in [5, 5.41) is 6.71. The standard InChI is InChI=1S/C13H17N3S/c1-3-13-16-12(9-17-13)8-14-6-11-5-4-10(2)15-7-11/h4-5,7,9,14H,3,6,8H2,1-2H3. The predicted molar refractivity (Wildman–Crippen MR) is 71.0 cm³/mol. The van der Waals surface area contributed by atoms with E-state index < -0.39 is 0 Å². The fourth-order valence-electron chi connectivity index (χ4n) is 1.53. The van der Waals surface area contributed by atoms with Crippen molar-refractivity contribution in [2.45, 2.75) is 33.4 Å². The zero-order valence-corrected chi connectivity index (χ0v) is 11.0. The maximum absolute atomic E-state index is 4.51. The van der Waals surface area contributed by atoms with E-state index in [1.54, 1.807) is 11.3 Å². The zero-order valence-electron chi connectivity index (χ0n) is 10.2. The molecule has 0 saturated carbocycles. The van der Waals surface area contributed by atoms with Gasteiger partial charge in [0.15, 0.2) is 0 Å². The van der Waals surface area contributed by atoms with Gasteiger partial charge in [0, 0.05) is 30.4 Å². The molecule has 0 fully saturated rings. The highest BCUT2D eigenvalue weighted by Crippen LogP contribution is 2.10. The lowest BCUT2D eigenvalue weighted by Crippen LogP contribution is -2.13. The van der Waals surface area contributed by atoms with E-state index in [2.05, 4.69) is 33.7 Å². The van der Waals surface area contributed by atoms with Crippen molar-refractivity contribution in [2.75, 3.05) is 0 Å². The number of hydrogen-bond acceptors (Lipinski definition) is 4. The second-order valence-electron chi connectivity index (χ2n) is 4.00. The molecule has 0 aliphatic rings. The topological polar surface area (TPSA) is 37.8 Å². The van der Waals surface area contributed by atoms with Crippen LogP contribution in [0.2, 0.25) is 0 Å². The lowest BCUT2D eigenvalue weighted by atomic mass is 10.2. The lowest BCUT2D eigenvalue weighted by molar-refractivity contribution is 0.679. The SMILES string of the molecule is CCc1nc(CNCc2ccc(C)nc2)cs1. The van der Waals surface area contributed by atoms with Crippen LogP contribution in [0.4, 0.5) is 0 Å². The number of thiazole rings is 1. The third kappa shape index (κ3) is 3.61. The minimum Gasteiger partial charge on any atom is -0.307 e. The van der Waals surface area contributed by atoms with Gasteiger partial charge in [-0.3, -0.25) is 4.98 Å². The normalized spacial score (nSPS) is 10.7. The lowest BCUT2D eigenvalue weighted by Gasteiger charge is -2.02. The van der Waals surface area contributed by atoms with Gasteiger partial charge in [-0.25, -0.2) is 4.98 Å². The summed E-state index contributed by atoms with van der Waals surface area (Å²) >= 11 is 1.73. The van der Waals surface area contributed by atoms with Gasteiger partial charge in [-0.15, -0.1) is 11.3 Å². The molecule has 0 bridgehead atoms. The molecule has 2 aromatic rings. The monoisotopic (exact) mass is 247 g/mol.